The van der Waals surface area contributed by atoms with E-state index in [2.05, 4.69) is 15.6 Å². The number of ether oxygens (including phenoxy) is 3. The summed E-state index contributed by atoms with van der Waals surface area (Å²) in [5.74, 6) is -1.17. The van der Waals surface area contributed by atoms with Gasteiger partial charge in [0.25, 0.3) is 5.91 Å². The molecule has 2 N–H and O–H groups in total. The van der Waals surface area contributed by atoms with Crippen molar-refractivity contribution in [1.82, 2.24) is 14.9 Å². The highest BCUT2D eigenvalue weighted by atomic mass is 16.6. The molecule has 2 amide bonds. The molecule has 0 saturated carbocycles. The van der Waals surface area contributed by atoms with Crippen LogP contribution in [0, 0.1) is 0 Å². The number of fused-ring (bicyclic) bond motifs is 1. The van der Waals surface area contributed by atoms with Crippen molar-refractivity contribution < 1.29 is 33.4 Å². The number of esters is 2. The van der Waals surface area contributed by atoms with E-state index in [4.69, 9.17) is 14.2 Å². The number of hydrogen-bond donors (Lipinski definition) is 2. The fourth-order valence-corrected chi connectivity index (χ4v) is 4.06. The highest BCUT2D eigenvalue weighted by molar-refractivity contribution is 6.05. The number of methoxy groups -OCH3 is 1. The van der Waals surface area contributed by atoms with Crippen molar-refractivity contribution >= 4 is 40.9 Å². The van der Waals surface area contributed by atoms with Gasteiger partial charge in [-0.2, -0.15) is 0 Å². The van der Waals surface area contributed by atoms with Gasteiger partial charge in [0.15, 0.2) is 0 Å². The van der Waals surface area contributed by atoms with E-state index >= 15 is 0 Å². The van der Waals surface area contributed by atoms with E-state index in [0.717, 1.165) is 12.8 Å². The third kappa shape index (κ3) is 9.32. The first-order valence-electron chi connectivity index (χ1n) is 13.9. The first-order valence-corrected chi connectivity index (χ1v) is 13.9. The first-order chi connectivity index (χ1) is 19.7. The molecule has 226 valence electrons. The van der Waals surface area contributed by atoms with Gasteiger partial charge in [0.1, 0.15) is 11.2 Å². The zero-order chi connectivity index (χ0) is 31.1. The molecule has 11 heteroatoms. The zero-order valence-electron chi connectivity index (χ0n) is 25.3. The number of carbonyl (C=O) groups excluding carboxylic acids is 4. The SMILES string of the molecule is COC(=O)c1ccc2nc(NC(=O)c3cccc(C(=O)OC(C)(C)C)c3)n(CCCCCNC(=O)OC(C)(C)C)c2c1. The number of aromatic nitrogens is 2. The minimum absolute atomic E-state index is 0.258. The summed E-state index contributed by atoms with van der Waals surface area (Å²) in [6.45, 7) is 11.7. The van der Waals surface area contributed by atoms with Crippen molar-refractivity contribution in [2.75, 3.05) is 19.0 Å². The molecule has 0 saturated heterocycles. The Morgan fingerprint density at radius 2 is 1.48 bits per heavy atom. The maximum Gasteiger partial charge on any atom is 0.407 e. The maximum atomic E-state index is 13.3. The van der Waals surface area contributed by atoms with Crippen LogP contribution < -0.4 is 10.6 Å². The van der Waals surface area contributed by atoms with Crippen molar-refractivity contribution in [3.8, 4) is 0 Å². The quantitative estimate of drug-likeness (QED) is 0.176. The fourth-order valence-electron chi connectivity index (χ4n) is 4.06. The molecule has 42 heavy (non-hydrogen) atoms. The topological polar surface area (TPSA) is 138 Å². The van der Waals surface area contributed by atoms with Gasteiger partial charge in [0, 0.05) is 18.7 Å². The van der Waals surface area contributed by atoms with E-state index in [1.165, 1.54) is 13.2 Å². The van der Waals surface area contributed by atoms with Crippen molar-refractivity contribution in [2.24, 2.45) is 0 Å². The van der Waals surface area contributed by atoms with Crippen LogP contribution in [-0.2, 0) is 20.8 Å². The molecule has 1 heterocycles. The predicted octanol–water partition coefficient (Wildman–Crippen LogP) is 5.73. The number of benzene rings is 2. The van der Waals surface area contributed by atoms with Crippen LogP contribution >= 0.6 is 0 Å². The molecule has 0 unspecified atom stereocenters. The van der Waals surface area contributed by atoms with Gasteiger partial charge < -0.3 is 24.1 Å². The summed E-state index contributed by atoms with van der Waals surface area (Å²) in [5.41, 5.74) is 0.891. The number of amides is 2. The lowest BCUT2D eigenvalue weighted by atomic mass is 10.1. The number of hydrogen-bond acceptors (Lipinski definition) is 8. The number of alkyl carbamates (subject to hydrolysis) is 1. The van der Waals surface area contributed by atoms with Gasteiger partial charge in [-0.15, -0.1) is 0 Å². The van der Waals surface area contributed by atoms with E-state index in [9.17, 15) is 19.2 Å². The van der Waals surface area contributed by atoms with Gasteiger partial charge in [-0.25, -0.2) is 19.4 Å². The second-order valence-corrected chi connectivity index (χ2v) is 11.8. The van der Waals surface area contributed by atoms with E-state index < -0.39 is 35.1 Å². The van der Waals surface area contributed by atoms with Crippen LogP contribution in [0.5, 0.6) is 0 Å². The standard InChI is InChI=1S/C31H40N4O7/c1-30(2,3)41-27(38)21-13-11-12-20(18-21)25(36)34-28-33-23-15-14-22(26(37)40-7)19-24(23)35(28)17-10-8-9-16-32-29(39)42-31(4,5)6/h11-15,18-19H,8-10,16-17H2,1-7H3,(H,32,39)(H,33,34,36). The van der Waals surface area contributed by atoms with Crippen LogP contribution in [0.25, 0.3) is 11.0 Å². The third-order valence-electron chi connectivity index (χ3n) is 5.88. The Balaban J connectivity index is 1.77. The van der Waals surface area contributed by atoms with Crippen LogP contribution in [0.3, 0.4) is 0 Å². The molecular formula is C31H40N4O7. The van der Waals surface area contributed by atoms with Gasteiger partial charge >= 0.3 is 18.0 Å². The monoisotopic (exact) mass is 580 g/mol. The summed E-state index contributed by atoms with van der Waals surface area (Å²) in [4.78, 5) is 54.4. The highest BCUT2D eigenvalue weighted by Crippen LogP contribution is 2.24. The lowest BCUT2D eigenvalue weighted by molar-refractivity contribution is 0.00689. The average Bonchev–Trinajstić information content (AvgIpc) is 3.24. The number of unbranched alkanes of at least 4 members (excludes halogenated alkanes) is 2. The molecule has 1 aromatic heterocycles. The van der Waals surface area contributed by atoms with Crippen molar-refractivity contribution in [3.63, 3.8) is 0 Å². The smallest absolute Gasteiger partial charge is 0.407 e. The summed E-state index contributed by atoms with van der Waals surface area (Å²) < 4.78 is 17.4. The van der Waals surface area contributed by atoms with Crippen LogP contribution in [-0.4, -0.2) is 58.3 Å². The maximum absolute atomic E-state index is 13.3. The molecular weight excluding hydrogens is 540 g/mol. The number of carbonyl (C=O) groups is 4. The molecule has 0 bridgehead atoms. The largest absolute Gasteiger partial charge is 0.465 e. The van der Waals surface area contributed by atoms with Crippen molar-refractivity contribution in [1.29, 1.82) is 0 Å². The molecule has 0 aliphatic rings. The number of anilines is 1. The molecule has 3 aromatic rings. The van der Waals surface area contributed by atoms with E-state index in [0.29, 0.717) is 42.1 Å². The van der Waals surface area contributed by atoms with Crippen LogP contribution in [0.2, 0.25) is 0 Å². The van der Waals surface area contributed by atoms with E-state index in [1.54, 1.807) is 57.2 Å². The zero-order valence-corrected chi connectivity index (χ0v) is 25.3. The molecule has 0 spiro atoms. The number of aryl methyl sites for hydroxylation is 1. The Labute approximate surface area is 245 Å². The Hall–Kier alpha value is -4.41. The lowest BCUT2D eigenvalue weighted by Gasteiger charge is -2.19. The van der Waals surface area contributed by atoms with Gasteiger partial charge in [0.2, 0.25) is 5.95 Å². The van der Waals surface area contributed by atoms with Gasteiger partial charge in [-0.05, 0) is 97.2 Å². The molecule has 0 aliphatic carbocycles. The molecule has 0 aliphatic heterocycles. The molecule has 3 rings (SSSR count). The molecule has 2 aromatic carbocycles. The average molecular weight is 581 g/mol. The Kier molecular flexibility index (Phi) is 10.3. The summed E-state index contributed by atoms with van der Waals surface area (Å²) in [7, 11) is 1.31. The molecule has 11 nitrogen and oxygen atoms in total. The van der Waals surface area contributed by atoms with Gasteiger partial charge in [-0.3, -0.25) is 10.1 Å². The normalized spacial score (nSPS) is 11.6. The van der Waals surface area contributed by atoms with Crippen molar-refractivity contribution in [3.05, 3.63) is 59.2 Å². The summed E-state index contributed by atoms with van der Waals surface area (Å²) in [6.07, 6.45) is 1.75. The number of imidazole rings is 1. The summed E-state index contributed by atoms with van der Waals surface area (Å²) in [5, 5.41) is 5.60. The number of rotatable bonds is 10. The minimum Gasteiger partial charge on any atom is -0.465 e. The number of nitrogens with zero attached hydrogens (tertiary/aromatic N) is 2. The fraction of sp³-hybridized carbons (Fsp3) is 0.452. The second kappa shape index (κ2) is 13.5. The Morgan fingerprint density at radius 3 is 2.14 bits per heavy atom. The third-order valence-corrected chi connectivity index (χ3v) is 5.88. The van der Waals surface area contributed by atoms with Gasteiger partial charge in [-0.1, -0.05) is 6.07 Å². The first kappa shape index (κ1) is 32.1. The highest BCUT2D eigenvalue weighted by Gasteiger charge is 2.21. The Morgan fingerprint density at radius 1 is 0.810 bits per heavy atom. The van der Waals surface area contributed by atoms with Crippen LogP contribution in [0.4, 0.5) is 10.7 Å². The number of nitrogens with one attached hydrogen (secondary N) is 2. The van der Waals surface area contributed by atoms with E-state index in [1.807, 2.05) is 25.3 Å². The summed E-state index contributed by atoms with van der Waals surface area (Å²) >= 11 is 0. The molecule has 0 radical (unpaired) electrons. The lowest BCUT2D eigenvalue weighted by Crippen LogP contribution is -2.33. The summed E-state index contributed by atoms with van der Waals surface area (Å²) in [6, 6.07) is 11.3. The Bertz CT molecular complexity index is 1450. The molecule has 0 fully saturated rings. The second-order valence-electron chi connectivity index (χ2n) is 11.8. The van der Waals surface area contributed by atoms with E-state index in [-0.39, 0.29) is 11.1 Å². The van der Waals surface area contributed by atoms with Crippen LogP contribution in [0.1, 0.15) is 91.9 Å². The van der Waals surface area contributed by atoms with Crippen LogP contribution in [0.15, 0.2) is 42.5 Å². The van der Waals surface area contributed by atoms with Crippen molar-refractivity contribution in [2.45, 2.75) is 78.6 Å². The predicted molar refractivity (Wildman–Crippen MR) is 159 cm³/mol. The minimum atomic E-state index is -0.672. The molecule has 0 atom stereocenters. The van der Waals surface area contributed by atoms with Gasteiger partial charge in [0.05, 0.1) is 29.3 Å².